The van der Waals surface area contributed by atoms with E-state index in [1.54, 1.807) is 6.92 Å². The quantitative estimate of drug-likeness (QED) is 0.470. The lowest BCUT2D eigenvalue weighted by Crippen LogP contribution is -2.57. The maximum Gasteiger partial charge on any atom is 0.237 e. The molecule has 0 saturated carbocycles. The third kappa shape index (κ3) is 4.15. The lowest BCUT2D eigenvalue weighted by atomic mass is 9.97. The molecular weight excluding hydrogens is 196 g/mol. The highest BCUT2D eigenvalue weighted by Crippen LogP contribution is 2.08. The summed E-state index contributed by atoms with van der Waals surface area (Å²) in [6.07, 6.45) is 0.809. The highest BCUT2D eigenvalue weighted by molar-refractivity contribution is 5.82. The summed E-state index contributed by atoms with van der Waals surface area (Å²) in [5.74, 6) is -0.262. The number of amides is 1. The Morgan fingerprint density at radius 2 is 1.93 bits per heavy atom. The Morgan fingerprint density at radius 1 is 1.47 bits per heavy atom. The van der Waals surface area contributed by atoms with Gasteiger partial charge >= 0.3 is 0 Å². The maximum atomic E-state index is 11.6. The van der Waals surface area contributed by atoms with Gasteiger partial charge in [0, 0.05) is 0 Å². The van der Waals surface area contributed by atoms with E-state index < -0.39 is 11.6 Å². The van der Waals surface area contributed by atoms with Gasteiger partial charge in [0.25, 0.3) is 0 Å². The molecule has 90 valence electrons. The summed E-state index contributed by atoms with van der Waals surface area (Å²) in [5.41, 5.74) is 4.71. The first-order valence-corrected chi connectivity index (χ1v) is 5.19. The number of aliphatic hydroxyl groups excluding tert-OH is 2. The number of nitrogens with one attached hydrogen (secondary N) is 1. The van der Waals surface area contributed by atoms with E-state index >= 15 is 0 Å². The van der Waals surface area contributed by atoms with Gasteiger partial charge in [0.1, 0.15) is 0 Å². The molecule has 0 aliphatic heterocycles. The van der Waals surface area contributed by atoms with Gasteiger partial charge in [-0.2, -0.15) is 0 Å². The molecule has 1 unspecified atom stereocenters. The van der Waals surface area contributed by atoms with Crippen LogP contribution < -0.4 is 11.1 Å². The van der Waals surface area contributed by atoms with Crippen molar-refractivity contribution in [2.24, 2.45) is 11.7 Å². The first kappa shape index (κ1) is 14.3. The minimum atomic E-state index is -0.998. The van der Waals surface area contributed by atoms with E-state index in [0.29, 0.717) is 0 Å². The van der Waals surface area contributed by atoms with Crippen molar-refractivity contribution in [3.8, 4) is 0 Å². The smallest absolute Gasteiger partial charge is 0.237 e. The molecule has 0 aromatic rings. The van der Waals surface area contributed by atoms with Crippen LogP contribution in [0.5, 0.6) is 0 Å². The average Bonchev–Trinajstić information content (AvgIpc) is 2.26. The second-order valence-electron chi connectivity index (χ2n) is 4.28. The molecular formula is C10H22N2O3. The minimum Gasteiger partial charge on any atom is -0.394 e. The lowest BCUT2D eigenvalue weighted by Gasteiger charge is -2.29. The molecule has 0 aromatic heterocycles. The van der Waals surface area contributed by atoms with Crippen LogP contribution in [0.25, 0.3) is 0 Å². The molecule has 0 heterocycles. The monoisotopic (exact) mass is 218 g/mol. The van der Waals surface area contributed by atoms with E-state index in [-0.39, 0.29) is 25.0 Å². The van der Waals surface area contributed by atoms with Crippen LogP contribution in [0.2, 0.25) is 0 Å². The molecule has 0 radical (unpaired) electrons. The first-order valence-electron chi connectivity index (χ1n) is 5.19. The molecule has 1 amide bonds. The Labute approximate surface area is 90.7 Å². The maximum absolute atomic E-state index is 11.6. The molecule has 0 aliphatic rings. The minimum absolute atomic E-state index is 0.0756. The number of nitrogens with two attached hydrogens (primary N) is 1. The van der Waals surface area contributed by atoms with Gasteiger partial charge in [-0.05, 0) is 12.8 Å². The van der Waals surface area contributed by atoms with Crippen LogP contribution in [0.3, 0.4) is 0 Å². The largest absolute Gasteiger partial charge is 0.394 e. The van der Waals surface area contributed by atoms with E-state index in [0.717, 1.165) is 6.42 Å². The molecule has 0 spiro atoms. The second-order valence-corrected chi connectivity index (χ2v) is 4.28. The van der Waals surface area contributed by atoms with Gasteiger partial charge in [-0.15, -0.1) is 0 Å². The van der Waals surface area contributed by atoms with Crippen LogP contribution in [0.1, 0.15) is 27.2 Å². The zero-order valence-electron chi connectivity index (χ0n) is 9.66. The molecule has 15 heavy (non-hydrogen) atoms. The van der Waals surface area contributed by atoms with Gasteiger partial charge in [-0.3, -0.25) is 4.79 Å². The number of carbonyl (C=O) groups is 1. The van der Waals surface area contributed by atoms with Gasteiger partial charge in [0.2, 0.25) is 5.91 Å². The number of hydrogen-bond acceptors (Lipinski definition) is 4. The Bertz CT molecular complexity index is 205. The molecule has 0 fully saturated rings. The van der Waals surface area contributed by atoms with E-state index in [1.165, 1.54) is 0 Å². The van der Waals surface area contributed by atoms with Crippen LogP contribution in [-0.4, -0.2) is 40.9 Å². The summed E-state index contributed by atoms with van der Waals surface area (Å²) in [5, 5.41) is 20.5. The van der Waals surface area contributed by atoms with E-state index in [9.17, 15) is 4.79 Å². The Hall–Kier alpha value is -0.650. The molecule has 5 N–H and O–H groups in total. The fourth-order valence-corrected chi connectivity index (χ4v) is 1.02. The summed E-state index contributed by atoms with van der Waals surface area (Å²) in [6, 6.07) is -0.604. The topological polar surface area (TPSA) is 95.6 Å². The van der Waals surface area contributed by atoms with Crippen molar-refractivity contribution in [1.29, 1.82) is 0 Å². The fourth-order valence-electron chi connectivity index (χ4n) is 1.02. The van der Waals surface area contributed by atoms with Gasteiger partial charge in [-0.25, -0.2) is 0 Å². The lowest BCUT2D eigenvalue weighted by molar-refractivity contribution is -0.126. The van der Waals surface area contributed by atoms with Crippen LogP contribution in [0, 0.1) is 5.92 Å². The van der Waals surface area contributed by atoms with E-state index in [2.05, 4.69) is 5.32 Å². The van der Waals surface area contributed by atoms with Crippen molar-refractivity contribution in [3.63, 3.8) is 0 Å². The molecule has 0 aliphatic carbocycles. The van der Waals surface area contributed by atoms with Gasteiger partial charge < -0.3 is 21.3 Å². The molecule has 0 saturated heterocycles. The summed E-state index contributed by atoms with van der Waals surface area (Å²) < 4.78 is 0. The molecule has 0 bridgehead atoms. The zero-order chi connectivity index (χ0) is 12.1. The van der Waals surface area contributed by atoms with Crippen molar-refractivity contribution in [3.05, 3.63) is 0 Å². The zero-order valence-corrected chi connectivity index (χ0v) is 9.66. The third-order valence-corrected chi connectivity index (χ3v) is 2.68. The molecule has 5 nitrogen and oxygen atoms in total. The number of hydrogen-bond donors (Lipinski definition) is 4. The highest BCUT2D eigenvalue weighted by Gasteiger charge is 2.28. The molecule has 2 atom stereocenters. The van der Waals surface area contributed by atoms with E-state index in [1.807, 2.05) is 13.8 Å². The Balaban J connectivity index is 4.35. The summed E-state index contributed by atoms with van der Waals surface area (Å²) in [6.45, 7) is 4.77. The summed E-state index contributed by atoms with van der Waals surface area (Å²) >= 11 is 0. The van der Waals surface area contributed by atoms with Crippen molar-refractivity contribution in [2.45, 2.75) is 38.8 Å². The van der Waals surface area contributed by atoms with Crippen LogP contribution in [0.15, 0.2) is 0 Å². The fraction of sp³-hybridized carbons (Fsp3) is 0.900. The molecule has 5 heteroatoms. The predicted octanol–water partition coefficient (Wildman–Crippen LogP) is -0.781. The average molecular weight is 218 g/mol. The summed E-state index contributed by atoms with van der Waals surface area (Å²) in [7, 11) is 0. The first-order chi connectivity index (χ1) is 6.90. The molecule has 0 aromatic carbocycles. The standard InChI is InChI=1S/C10H22N2O3/c1-4-7(2)8(11)9(15)12-10(3,5-13)6-14/h7-8,13-14H,4-6,11H2,1-3H3,(H,12,15)/t7?,8-/m0/s1. The van der Waals surface area contributed by atoms with Crippen LogP contribution >= 0.6 is 0 Å². The SMILES string of the molecule is CCC(C)[C@H](N)C(=O)NC(C)(CO)CO. The summed E-state index contributed by atoms with van der Waals surface area (Å²) in [4.78, 5) is 11.6. The van der Waals surface area contributed by atoms with E-state index in [4.69, 9.17) is 15.9 Å². The van der Waals surface area contributed by atoms with Crippen LogP contribution in [-0.2, 0) is 4.79 Å². The van der Waals surface area contributed by atoms with Crippen molar-refractivity contribution < 1.29 is 15.0 Å². The van der Waals surface area contributed by atoms with Crippen molar-refractivity contribution in [2.75, 3.05) is 13.2 Å². The van der Waals surface area contributed by atoms with Crippen molar-refractivity contribution >= 4 is 5.91 Å². The second kappa shape index (κ2) is 6.05. The van der Waals surface area contributed by atoms with Crippen LogP contribution in [0.4, 0.5) is 0 Å². The number of rotatable bonds is 6. The Morgan fingerprint density at radius 3 is 2.27 bits per heavy atom. The normalized spacial score (nSPS) is 15.9. The van der Waals surface area contributed by atoms with Gasteiger partial charge in [-0.1, -0.05) is 20.3 Å². The number of aliphatic hydroxyl groups is 2. The Kier molecular flexibility index (Phi) is 5.79. The number of carbonyl (C=O) groups excluding carboxylic acids is 1. The predicted molar refractivity (Wildman–Crippen MR) is 58.1 cm³/mol. The molecule has 0 rings (SSSR count). The third-order valence-electron chi connectivity index (χ3n) is 2.68. The highest BCUT2D eigenvalue weighted by atomic mass is 16.3. The van der Waals surface area contributed by atoms with Gasteiger partial charge in [0.15, 0.2) is 0 Å². The van der Waals surface area contributed by atoms with Crippen molar-refractivity contribution in [1.82, 2.24) is 5.32 Å². The van der Waals surface area contributed by atoms with Gasteiger partial charge in [0.05, 0.1) is 24.8 Å².